The Morgan fingerprint density at radius 2 is 2.33 bits per heavy atom. The molecule has 1 rings (SSSR count). The Kier molecular flexibility index (Phi) is 2.08. The lowest BCUT2D eigenvalue weighted by Gasteiger charge is -2.23. The number of carbonyl (C=O) groups is 1. The Morgan fingerprint density at radius 1 is 1.75 bits per heavy atom. The van der Waals surface area contributed by atoms with Gasteiger partial charge in [-0.05, 0) is 6.92 Å². The van der Waals surface area contributed by atoms with E-state index in [-0.39, 0.29) is 5.57 Å². The smallest absolute Gasteiger partial charge is 0.334 e. The summed E-state index contributed by atoms with van der Waals surface area (Å²) in [7, 11) is 1.19. The largest absolute Gasteiger partial charge is 0.467 e. The molecule has 1 heterocycles. The summed E-state index contributed by atoms with van der Waals surface area (Å²) >= 11 is 0. The number of esters is 1. The average Bonchev–Trinajstić information content (AvgIpc) is 2.27. The molecule has 3 N–H and O–H groups in total. The van der Waals surface area contributed by atoms with E-state index in [0.29, 0.717) is 0 Å². The topological polar surface area (TPSA) is 78.8 Å². The highest BCUT2D eigenvalue weighted by atomic mass is 16.5. The molecule has 5 nitrogen and oxygen atoms in total. The highest BCUT2D eigenvalue weighted by Gasteiger charge is 2.45. The molecule has 0 fully saturated rings. The van der Waals surface area contributed by atoms with Gasteiger partial charge in [0.2, 0.25) is 5.79 Å². The molecule has 0 aromatic heterocycles. The van der Waals surface area contributed by atoms with Crippen molar-refractivity contribution in [3.05, 3.63) is 11.8 Å². The number of ether oxygens (including phenoxy) is 1. The molecule has 0 amide bonds. The number of hydrogen-bond acceptors (Lipinski definition) is 5. The van der Waals surface area contributed by atoms with Gasteiger partial charge in [0.05, 0.1) is 7.11 Å². The lowest BCUT2D eigenvalue weighted by atomic mass is 10.0. The third kappa shape index (κ3) is 1.17. The molecule has 1 aliphatic rings. The van der Waals surface area contributed by atoms with Gasteiger partial charge in [-0.3, -0.25) is 0 Å². The van der Waals surface area contributed by atoms with Gasteiger partial charge in [-0.25, -0.2) is 4.79 Å². The average molecular weight is 173 g/mol. The molecule has 0 saturated carbocycles. The van der Waals surface area contributed by atoms with Crippen molar-refractivity contribution >= 4 is 5.97 Å². The molecule has 12 heavy (non-hydrogen) atoms. The monoisotopic (exact) mass is 173 g/mol. The van der Waals surface area contributed by atoms with Crippen LogP contribution in [0.5, 0.6) is 0 Å². The summed E-state index contributed by atoms with van der Waals surface area (Å²) in [5.74, 6) is -2.83. The standard InChI is InChI=1S/C7H11NO4/c1-4-3-8-5(6(9)12-2)7(4,10)11/h3,5,8,10-11H,1-2H3. The lowest BCUT2D eigenvalue weighted by Crippen LogP contribution is -2.50. The fourth-order valence-electron chi connectivity index (χ4n) is 1.01. The zero-order valence-electron chi connectivity index (χ0n) is 6.87. The molecule has 1 atom stereocenters. The predicted molar refractivity (Wildman–Crippen MR) is 39.9 cm³/mol. The second kappa shape index (κ2) is 2.76. The first kappa shape index (κ1) is 9.02. The molecule has 68 valence electrons. The molecule has 1 unspecified atom stereocenters. The number of hydrogen-bond donors (Lipinski definition) is 3. The molecule has 0 aromatic rings. The molecule has 1 aliphatic heterocycles. The zero-order valence-corrected chi connectivity index (χ0v) is 6.87. The summed E-state index contributed by atoms with van der Waals surface area (Å²) < 4.78 is 4.36. The Morgan fingerprint density at radius 3 is 2.67 bits per heavy atom. The first-order valence-corrected chi connectivity index (χ1v) is 3.46. The van der Waals surface area contributed by atoms with E-state index in [1.165, 1.54) is 20.2 Å². The van der Waals surface area contributed by atoms with Crippen molar-refractivity contribution in [2.24, 2.45) is 0 Å². The van der Waals surface area contributed by atoms with Crippen LogP contribution in [0.15, 0.2) is 11.8 Å². The number of nitrogens with one attached hydrogen (secondary N) is 1. The van der Waals surface area contributed by atoms with E-state index < -0.39 is 17.8 Å². The van der Waals surface area contributed by atoms with Crippen molar-refractivity contribution in [3.8, 4) is 0 Å². The van der Waals surface area contributed by atoms with E-state index in [4.69, 9.17) is 0 Å². The molecular formula is C7H11NO4. The first-order chi connectivity index (χ1) is 5.50. The van der Waals surface area contributed by atoms with Gasteiger partial charge in [-0.2, -0.15) is 0 Å². The predicted octanol–water partition coefficient (Wildman–Crippen LogP) is -1.28. The summed E-state index contributed by atoms with van der Waals surface area (Å²) in [5.41, 5.74) is 0.290. The van der Waals surface area contributed by atoms with E-state index in [1.807, 2.05) is 0 Å². The summed E-state index contributed by atoms with van der Waals surface area (Å²) in [6.45, 7) is 1.51. The molecular weight excluding hydrogens is 162 g/mol. The van der Waals surface area contributed by atoms with Crippen LogP contribution in [0.2, 0.25) is 0 Å². The number of carbonyl (C=O) groups excluding carboxylic acids is 1. The van der Waals surface area contributed by atoms with E-state index in [0.717, 1.165) is 0 Å². The van der Waals surface area contributed by atoms with Crippen molar-refractivity contribution in [2.45, 2.75) is 18.8 Å². The second-order valence-electron chi connectivity index (χ2n) is 2.68. The van der Waals surface area contributed by atoms with E-state index in [1.54, 1.807) is 0 Å². The minimum atomic E-state index is -2.13. The van der Waals surface area contributed by atoms with Crippen molar-refractivity contribution in [1.29, 1.82) is 0 Å². The van der Waals surface area contributed by atoms with Crippen molar-refractivity contribution in [1.82, 2.24) is 5.32 Å². The first-order valence-electron chi connectivity index (χ1n) is 3.46. The van der Waals surface area contributed by atoms with Crippen LogP contribution in [-0.4, -0.2) is 35.1 Å². The van der Waals surface area contributed by atoms with E-state index >= 15 is 0 Å². The Hall–Kier alpha value is -1.07. The maximum absolute atomic E-state index is 10.9. The molecule has 0 spiro atoms. The maximum Gasteiger partial charge on any atom is 0.334 e. The van der Waals surface area contributed by atoms with Gasteiger partial charge in [0.1, 0.15) is 0 Å². The van der Waals surface area contributed by atoms with Crippen LogP contribution in [0.3, 0.4) is 0 Å². The van der Waals surface area contributed by atoms with Crippen LogP contribution in [0.25, 0.3) is 0 Å². The van der Waals surface area contributed by atoms with E-state index in [2.05, 4.69) is 10.1 Å². The molecule has 0 saturated heterocycles. The lowest BCUT2D eigenvalue weighted by molar-refractivity contribution is -0.173. The van der Waals surface area contributed by atoms with Gasteiger partial charge in [0, 0.05) is 11.8 Å². The van der Waals surface area contributed by atoms with Crippen molar-refractivity contribution < 1.29 is 19.7 Å². The Balaban J connectivity index is 2.80. The molecule has 0 bridgehead atoms. The number of aliphatic hydroxyl groups is 2. The summed E-state index contributed by atoms with van der Waals surface area (Å²) in [5, 5.41) is 21.2. The van der Waals surface area contributed by atoms with Crippen LogP contribution in [-0.2, 0) is 9.53 Å². The van der Waals surface area contributed by atoms with Crippen LogP contribution in [0.4, 0.5) is 0 Å². The van der Waals surface area contributed by atoms with Gasteiger partial charge in [0.25, 0.3) is 0 Å². The normalized spacial score (nSPS) is 26.0. The van der Waals surface area contributed by atoms with Gasteiger partial charge < -0.3 is 20.3 Å². The van der Waals surface area contributed by atoms with Gasteiger partial charge in [-0.15, -0.1) is 0 Å². The zero-order chi connectivity index (χ0) is 9.35. The van der Waals surface area contributed by atoms with Crippen LogP contribution < -0.4 is 5.32 Å². The second-order valence-corrected chi connectivity index (χ2v) is 2.68. The fourth-order valence-corrected chi connectivity index (χ4v) is 1.01. The SMILES string of the molecule is COC(=O)C1NC=C(C)C1(O)O. The van der Waals surface area contributed by atoms with E-state index in [9.17, 15) is 15.0 Å². The van der Waals surface area contributed by atoms with Gasteiger partial charge in [0.15, 0.2) is 6.04 Å². The Bertz CT molecular complexity index is 234. The van der Waals surface area contributed by atoms with Crippen molar-refractivity contribution in [3.63, 3.8) is 0 Å². The Labute approximate surface area is 69.6 Å². The van der Waals surface area contributed by atoms with Crippen LogP contribution >= 0.6 is 0 Å². The number of rotatable bonds is 1. The molecule has 0 aliphatic carbocycles. The summed E-state index contributed by atoms with van der Waals surface area (Å²) in [6, 6.07) is -1.12. The summed E-state index contributed by atoms with van der Waals surface area (Å²) in [4.78, 5) is 10.9. The summed E-state index contributed by atoms with van der Waals surface area (Å²) in [6.07, 6.45) is 1.38. The highest BCUT2D eigenvalue weighted by molar-refractivity contribution is 5.78. The number of methoxy groups -OCH3 is 1. The minimum absolute atomic E-state index is 0.290. The van der Waals surface area contributed by atoms with Gasteiger partial charge >= 0.3 is 5.97 Å². The van der Waals surface area contributed by atoms with Crippen LogP contribution in [0, 0.1) is 0 Å². The van der Waals surface area contributed by atoms with Crippen LogP contribution in [0.1, 0.15) is 6.92 Å². The highest BCUT2D eigenvalue weighted by Crippen LogP contribution is 2.23. The van der Waals surface area contributed by atoms with Crippen molar-refractivity contribution in [2.75, 3.05) is 7.11 Å². The van der Waals surface area contributed by atoms with Gasteiger partial charge in [-0.1, -0.05) is 0 Å². The quantitative estimate of drug-likeness (QED) is 0.340. The minimum Gasteiger partial charge on any atom is -0.467 e. The molecule has 5 heteroatoms. The third-order valence-electron chi connectivity index (χ3n) is 1.89. The molecule has 0 aromatic carbocycles. The maximum atomic E-state index is 10.9. The fraction of sp³-hybridized carbons (Fsp3) is 0.571. The third-order valence-corrected chi connectivity index (χ3v) is 1.89. The molecule has 0 radical (unpaired) electrons.